The van der Waals surface area contributed by atoms with Crippen LogP contribution in [0.1, 0.15) is 27.7 Å². The Hall–Kier alpha value is -0.180. The van der Waals surface area contributed by atoms with E-state index in [1.165, 1.54) is 0 Å². The molecule has 1 rings (SSSR count). The Kier molecular flexibility index (Phi) is 3.67. The minimum absolute atomic E-state index is 0.143. The van der Waals surface area contributed by atoms with Crippen molar-refractivity contribution in [2.24, 2.45) is 16.6 Å². The van der Waals surface area contributed by atoms with Crippen LogP contribution in [0.15, 0.2) is 0 Å². The minimum Gasteiger partial charge on any atom is -0.327 e. The molecule has 0 aromatic heterocycles. The van der Waals surface area contributed by atoms with Crippen LogP contribution < -0.4 is 10.5 Å². The zero-order valence-electron chi connectivity index (χ0n) is 11.4. The Morgan fingerprint density at radius 1 is 1.06 bits per heavy atom. The SMILES string of the molecule is CC1(C)C(N)C(C)(C)C1NS(=O)(=O)CS(C)(=O)=O. The van der Waals surface area contributed by atoms with Crippen molar-refractivity contribution in [3.63, 3.8) is 0 Å². The van der Waals surface area contributed by atoms with E-state index in [0.29, 0.717) is 0 Å². The molecule has 0 aromatic rings. The number of sulfonamides is 1. The fourth-order valence-corrected chi connectivity index (χ4v) is 6.47. The quantitative estimate of drug-likeness (QED) is 0.739. The molecule has 1 aliphatic carbocycles. The highest BCUT2D eigenvalue weighted by molar-refractivity contribution is 8.06. The summed E-state index contributed by atoms with van der Waals surface area (Å²) >= 11 is 0. The van der Waals surface area contributed by atoms with Crippen LogP contribution >= 0.6 is 0 Å². The fourth-order valence-electron chi connectivity index (χ4n) is 2.98. The van der Waals surface area contributed by atoms with Gasteiger partial charge in [-0.15, -0.1) is 0 Å². The predicted octanol–water partition coefficient (Wildman–Crippen LogP) is -0.330. The third kappa shape index (κ3) is 2.87. The van der Waals surface area contributed by atoms with E-state index in [1.54, 1.807) is 0 Å². The summed E-state index contributed by atoms with van der Waals surface area (Å²) in [4.78, 5) is 0. The smallest absolute Gasteiger partial charge is 0.226 e. The zero-order chi connectivity index (χ0) is 14.6. The molecule has 0 radical (unpaired) electrons. The lowest BCUT2D eigenvalue weighted by molar-refractivity contribution is -0.0593. The molecule has 0 heterocycles. The number of hydrogen-bond donors (Lipinski definition) is 2. The molecule has 18 heavy (non-hydrogen) atoms. The van der Waals surface area contributed by atoms with E-state index in [0.717, 1.165) is 6.26 Å². The first-order chi connectivity index (χ1) is 7.70. The Morgan fingerprint density at radius 3 is 1.78 bits per heavy atom. The van der Waals surface area contributed by atoms with Crippen LogP contribution in [0.5, 0.6) is 0 Å². The van der Waals surface area contributed by atoms with Gasteiger partial charge in [0.25, 0.3) is 0 Å². The molecular weight excluding hydrogens is 276 g/mol. The monoisotopic (exact) mass is 298 g/mol. The van der Waals surface area contributed by atoms with Crippen molar-refractivity contribution in [1.29, 1.82) is 0 Å². The maximum atomic E-state index is 11.8. The topological polar surface area (TPSA) is 106 Å². The molecule has 1 aliphatic rings. The van der Waals surface area contributed by atoms with Gasteiger partial charge in [0, 0.05) is 18.3 Å². The van der Waals surface area contributed by atoms with Gasteiger partial charge in [-0.25, -0.2) is 21.6 Å². The van der Waals surface area contributed by atoms with Gasteiger partial charge in [0.2, 0.25) is 10.0 Å². The first kappa shape index (κ1) is 15.9. The third-order valence-electron chi connectivity index (χ3n) is 3.76. The molecule has 6 nitrogen and oxygen atoms in total. The predicted molar refractivity (Wildman–Crippen MR) is 71.1 cm³/mol. The van der Waals surface area contributed by atoms with Crippen molar-refractivity contribution in [1.82, 2.24) is 4.72 Å². The van der Waals surface area contributed by atoms with E-state index >= 15 is 0 Å². The second kappa shape index (κ2) is 4.16. The summed E-state index contributed by atoms with van der Waals surface area (Å²) in [7, 11) is -7.44. The van der Waals surface area contributed by atoms with Crippen LogP contribution in [0.4, 0.5) is 0 Å². The molecule has 1 fully saturated rings. The summed E-state index contributed by atoms with van der Waals surface area (Å²) in [6.45, 7) is 7.49. The van der Waals surface area contributed by atoms with Gasteiger partial charge in [0.05, 0.1) is 0 Å². The molecule has 0 spiro atoms. The maximum Gasteiger partial charge on any atom is 0.226 e. The van der Waals surface area contributed by atoms with E-state index in [4.69, 9.17) is 5.73 Å². The Bertz CT molecular complexity index is 518. The minimum atomic E-state index is -3.86. The van der Waals surface area contributed by atoms with Crippen molar-refractivity contribution < 1.29 is 16.8 Å². The normalized spacial score (nSPS) is 30.8. The summed E-state index contributed by atoms with van der Waals surface area (Å²) in [5.74, 6) is 0. The van der Waals surface area contributed by atoms with Gasteiger partial charge >= 0.3 is 0 Å². The van der Waals surface area contributed by atoms with E-state index in [9.17, 15) is 16.8 Å². The molecule has 0 atom stereocenters. The van der Waals surface area contributed by atoms with Gasteiger partial charge in [0.15, 0.2) is 14.9 Å². The lowest BCUT2D eigenvalue weighted by Crippen LogP contribution is -2.76. The molecule has 0 saturated heterocycles. The van der Waals surface area contributed by atoms with E-state index < -0.39 is 35.8 Å². The molecule has 0 unspecified atom stereocenters. The highest BCUT2D eigenvalue weighted by Gasteiger charge is 2.61. The molecule has 0 amide bonds. The summed E-state index contributed by atoms with van der Waals surface area (Å²) in [6.07, 6.45) is 0.898. The van der Waals surface area contributed by atoms with Crippen LogP contribution in [-0.4, -0.2) is 40.3 Å². The summed E-state index contributed by atoms with van der Waals surface area (Å²) in [5.41, 5.74) is 5.23. The van der Waals surface area contributed by atoms with Crippen LogP contribution in [0, 0.1) is 10.8 Å². The van der Waals surface area contributed by atoms with Gasteiger partial charge < -0.3 is 5.73 Å². The second-order valence-corrected chi connectivity index (χ2v) is 10.6. The molecule has 108 valence electrons. The van der Waals surface area contributed by atoms with Crippen molar-refractivity contribution in [2.75, 3.05) is 11.3 Å². The lowest BCUT2D eigenvalue weighted by Gasteiger charge is -2.62. The van der Waals surface area contributed by atoms with Gasteiger partial charge in [-0.05, 0) is 10.8 Å². The van der Waals surface area contributed by atoms with Crippen LogP contribution in [0.25, 0.3) is 0 Å². The summed E-state index contributed by atoms with van der Waals surface area (Å²) in [5, 5.41) is -0.891. The number of hydrogen-bond acceptors (Lipinski definition) is 5. The summed E-state index contributed by atoms with van der Waals surface area (Å²) < 4.78 is 48.2. The molecule has 0 bridgehead atoms. The first-order valence-electron chi connectivity index (χ1n) is 5.63. The van der Waals surface area contributed by atoms with Crippen LogP contribution in [0.3, 0.4) is 0 Å². The lowest BCUT2D eigenvalue weighted by atomic mass is 9.49. The largest absolute Gasteiger partial charge is 0.327 e. The standard InChI is InChI=1S/C10H22N2O4S2/c1-9(2)7(11)10(3,4)8(9)12-18(15,16)6-17(5,13)14/h7-8,12H,6,11H2,1-5H3. The van der Waals surface area contributed by atoms with Gasteiger partial charge in [-0.1, -0.05) is 27.7 Å². The molecular formula is C10H22N2O4S2. The van der Waals surface area contributed by atoms with Crippen molar-refractivity contribution in [2.45, 2.75) is 39.8 Å². The van der Waals surface area contributed by atoms with Crippen LogP contribution in [0.2, 0.25) is 0 Å². The second-order valence-electron chi connectivity index (χ2n) is 6.33. The molecule has 8 heteroatoms. The fraction of sp³-hybridized carbons (Fsp3) is 1.00. The van der Waals surface area contributed by atoms with Crippen molar-refractivity contribution >= 4 is 19.9 Å². The number of rotatable bonds is 4. The Labute approximate surface area is 109 Å². The average Bonchev–Trinajstić information content (AvgIpc) is 2.08. The molecule has 3 N–H and O–H groups in total. The maximum absolute atomic E-state index is 11.8. The number of nitrogens with one attached hydrogen (secondary N) is 1. The van der Waals surface area contributed by atoms with Crippen molar-refractivity contribution in [3.05, 3.63) is 0 Å². The molecule has 1 saturated carbocycles. The summed E-state index contributed by atoms with van der Waals surface area (Å²) in [6, 6.07) is -0.511. The van der Waals surface area contributed by atoms with E-state index in [1.807, 2.05) is 27.7 Å². The van der Waals surface area contributed by atoms with E-state index in [-0.39, 0.29) is 12.1 Å². The average molecular weight is 298 g/mol. The Balaban J connectivity index is 2.93. The van der Waals surface area contributed by atoms with Gasteiger partial charge in [-0.3, -0.25) is 0 Å². The van der Waals surface area contributed by atoms with E-state index in [2.05, 4.69) is 4.72 Å². The highest BCUT2D eigenvalue weighted by atomic mass is 32.3. The third-order valence-corrected chi connectivity index (χ3v) is 7.31. The number of nitrogens with two attached hydrogens (primary N) is 1. The number of sulfone groups is 1. The zero-order valence-corrected chi connectivity index (χ0v) is 13.0. The van der Waals surface area contributed by atoms with Crippen molar-refractivity contribution in [3.8, 4) is 0 Å². The van der Waals surface area contributed by atoms with Crippen LogP contribution in [-0.2, 0) is 19.9 Å². The van der Waals surface area contributed by atoms with Gasteiger partial charge in [-0.2, -0.15) is 0 Å². The molecule has 0 aromatic carbocycles. The van der Waals surface area contributed by atoms with Gasteiger partial charge in [0.1, 0.15) is 0 Å². The molecule has 0 aliphatic heterocycles. The Morgan fingerprint density at radius 2 is 1.44 bits per heavy atom. The first-order valence-corrected chi connectivity index (χ1v) is 9.35. The highest BCUT2D eigenvalue weighted by Crippen LogP contribution is 2.52.